The molecular formula is C13H20FNO6S. The van der Waals surface area contributed by atoms with Crippen LogP contribution in [-0.4, -0.2) is 57.2 Å². The van der Waals surface area contributed by atoms with Gasteiger partial charge in [-0.25, -0.2) is 4.39 Å². The maximum atomic E-state index is 14.3. The number of likely N-dealkylation sites (N-methyl/N-ethyl adjacent to an activating group) is 1. The van der Waals surface area contributed by atoms with Crippen LogP contribution in [0.3, 0.4) is 0 Å². The van der Waals surface area contributed by atoms with E-state index in [2.05, 4.69) is 0 Å². The molecule has 0 saturated heterocycles. The van der Waals surface area contributed by atoms with Crippen LogP contribution >= 0.6 is 0 Å². The number of anilines is 1. The minimum atomic E-state index is -4.31. The van der Waals surface area contributed by atoms with E-state index in [9.17, 15) is 17.9 Å². The van der Waals surface area contributed by atoms with E-state index in [4.69, 9.17) is 14.0 Å². The molecule has 0 fully saturated rings. The monoisotopic (exact) mass is 337 g/mol. The highest BCUT2D eigenvalue weighted by Crippen LogP contribution is 2.33. The van der Waals surface area contributed by atoms with Gasteiger partial charge in [0.05, 0.1) is 26.0 Å². The summed E-state index contributed by atoms with van der Waals surface area (Å²) in [5, 5.41) is 9.73. The minimum Gasteiger partial charge on any atom is -0.497 e. The van der Waals surface area contributed by atoms with Gasteiger partial charge in [-0.15, -0.1) is 0 Å². The molecule has 0 amide bonds. The van der Waals surface area contributed by atoms with Crippen LogP contribution in [0, 0.1) is 5.82 Å². The van der Waals surface area contributed by atoms with Crippen LogP contribution in [0.4, 0.5) is 10.1 Å². The number of aliphatic hydroxyl groups excluding tert-OH is 1. The molecule has 126 valence electrons. The molecule has 1 unspecified atom stereocenters. The van der Waals surface area contributed by atoms with Gasteiger partial charge in [0.1, 0.15) is 11.5 Å². The summed E-state index contributed by atoms with van der Waals surface area (Å²) in [4.78, 5) is 1.43. The average molecular weight is 337 g/mol. The van der Waals surface area contributed by atoms with E-state index < -0.39 is 27.8 Å². The molecule has 0 aliphatic carbocycles. The second-order valence-corrected chi connectivity index (χ2v) is 6.10. The van der Waals surface area contributed by atoms with Crippen molar-refractivity contribution >= 4 is 15.8 Å². The second-order valence-electron chi connectivity index (χ2n) is 4.60. The average Bonchev–Trinajstić information content (AvgIpc) is 2.43. The van der Waals surface area contributed by atoms with Crippen molar-refractivity contribution in [3.8, 4) is 11.5 Å². The van der Waals surface area contributed by atoms with E-state index in [0.29, 0.717) is 12.3 Å². The number of methoxy groups -OCH3 is 2. The van der Waals surface area contributed by atoms with Gasteiger partial charge in [0.2, 0.25) is 0 Å². The third kappa shape index (κ3) is 5.00. The second kappa shape index (κ2) is 7.61. The normalized spacial score (nSPS) is 12.8. The zero-order valence-corrected chi connectivity index (χ0v) is 13.4. The Bertz CT molecular complexity index is 607. The lowest BCUT2D eigenvalue weighted by Crippen LogP contribution is -2.36. The summed E-state index contributed by atoms with van der Waals surface area (Å²) >= 11 is 0. The molecule has 0 radical (unpaired) electrons. The Morgan fingerprint density at radius 3 is 2.41 bits per heavy atom. The summed E-state index contributed by atoms with van der Waals surface area (Å²) in [5.41, 5.74) is 0.105. The van der Waals surface area contributed by atoms with Gasteiger partial charge in [-0.3, -0.25) is 4.55 Å². The Kier molecular flexibility index (Phi) is 6.39. The summed E-state index contributed by atoms with van der Waals surface area (Å²) in [6.45, 7) is 1.84. The van der Waals surface area contributed by atoms with Gasteiger partial charge in [0.25, 0.3) is 10.1 Å². The number of benzene rings is 1. The fourth-order valence-corrected chi connectivity index (χ4v) is 2.59. The van der Waals surface area contributed by atoms with Gasteiger partial charge in [0.15, 0.2) is 11.6 Å². The highest BCUT2D eigenvalue weighted by molar-refractivity contribution is 7.85. The molecule has 2 N–H and O–H groups in total. The number of halogens is 1. The van der Waals surface area contributed by atoms with E-state index in [1.54, 1.807) is 6.92 Å². The summed E-state index contributed by atoms with van der Waals surface area (Å²) < 4.78 is 54.6. The maximum Gasteiger partial charge on any atom is 0.267 e. The van der Waals surface area contributed by atoms with Crippen molar-refractivity contribution in [3.63, 3.8) is 0 Å². The van der Waals surface area contributed by atoms with Gasteiger partial charge in [0, 0.05) is 25.2 Å². The number of nitrogens with zero attached hydrogens (tertiary/aromatic N) is 1. The highest BCUT2D eigenvalue weighted by Gasteiger charge is 2.21. The molecule has 9 heteroatoms. The van der Waals surface area contributed by atoms with Crippen LogP contribution in [-0.2, 0) is 10.1 Å². The molecule has 7 nitrogen and oxygen atoms in total. The summed E-state index contributed by atoms with van der Waals surface area (Å²) in [7, 11) is -1.59. The van der Waals surface area contributed by atoms with Crippen LogP contribution in [0.1, 0.15) is 6.92 Å². The van der Waals surface area contributed by atoms with Crippen molar-refractivity contribution in [2.24, 2.45) is 0 Å². The third-order valence-electron chi connectivity index (χ3n) is 3.01. The molecule has 0 aliphatic rings. The lowest BCUT2D eigenvalue weighted by molar-refractivity contribution is 0.200. The van der Waals surface area contributed by atoms with Crippen molar-refractivity contribution in [2.75, 3.05) is 38.0 Å². The molecule has 0 aliphatic heterocycles. The summed E-state index contributed by atoms with van der Waals surface area (Å²) in [6.07, 6.45) is -1.37. The molecule has 22 heavy (non-hydrogen) atoms. The summed E-state index contributed by atoms with van der Waals surface area (Å²) in [5.74, 6) is -1.15. The van der Waals surface area contributed by atoms with E-state index in [1.165, 1.54) is 31.3 Å². The van der Waals surface area contributed by atoms with Crippen molar-refractivity contribution < 1.29 is 31.9 Å². The lowest BCUT2D eigenvalue weighted by atomic mass is 10.2. The fraction of sp³-hybridized carbons (Fsp3) is 0.538. The van der Waals surface area contributed by atoms with Crippen LogP contribution in [0.15, 0.2) is 12.1 Å². The van der Waals surface area contributed by atoms with Crippen molar-refractivity contribution in [2.45, 2.75) is 13.0 Å². The lowest BCUT2D eigenvalue weighted by Gasteiger charge is -2.26. The van der Waals surface area contributed by atoms with Crippen molar-refractivity contribution in [1.82, 2.24) is 0 Å². The maximum absolute atomic E-state index is 14.3. The number of hydrogen-bond donors (Lipinski definition) is 2. The predicted octanol–water partition coefficient (Wildman–Crippen LogP) is 0.918. The molecule has 1 rings (SSSR count). The third-order valence-corrected chi connectivity index (χ3v) is 3.81. The SMILES string of the molecule is CCN(CC(O)CS(=O)(=O)O)c1cc(OC)cc(OC)c1F. The number of ether oxygens (including phenoxy) is 2. The first-order valence-electron chi connectivity index (χ1n) is 6.51. The molecule has 0 bridgehead atoms. The number of rotatable bonds is 8. The first-order valence-corrected chi connectivity index (χ1v) is 8.12. The topological polar surface area (TPSA) is 96.3 Å². The van der Waals surface area contributed by atoms with Crippen molar-refractivity contribution in [1.29, 1.82) is 0 Å². The first kappa shape index (κ1) is 18.5. The van der Waals surface area contributed by atoms with Crippen LogP contribution in [0.25, 0.3) is 0 Å². The molecule has 0 spiro atoms. The number of hydrogen-bond acceptors (Lipinski definition) is 6. The zero-order valence-electron chi connectivity index (χ0n) is 12.6. The Balaban J connectivity index is 3.09. The van der Waals surface area contributed by atoms with Crippen LogP contribution in [0.5, 0.6) is 11.5 Å². The Morgan fingerprint density at radius 1 is 1.32 bits per heavy atom. The van der Waals surface area contributed by atoms with Gasteiger partial charge in [-0.05, 0) is 6.92 Å². The van der Waals surface area contributed by atoms with E-state index in [1.807, 2.05) is 0 Å². The molecule has 1 aromatic rings. The van der Waals surface area contributed by atoms with E-state index in [0.717, 1.165) is 0 Å². The van der Waals surface area contributed by atoms with Crippen LogP contribution < -0.4 is 14.4 Å². The smallest absolute Gasteiger partial charge is 0.267 e. The van der Waals surface area contributed by atoms with Crippen molar-refractivity contribution in [3.05, 3.63) is 17.9 Å². The highest BCUT2D eigenvalue weighted by atomic mass is 32.2. The molecule has 1 aromatic carbocycles. The van der Waals surface area contributed by atoms with Gasteiger partial charge in [-0.2, -0.15) is 8.42 Å². The molecule has 0 saturated carbocycles. The predicted molar refractivity (Wildman–Crippen MR) is 79.8 cm³/mol. The molecular weight excluding hydrogens is 317 g/mol. The largest absolute Gasteiger partial charge is 0.497 e. The Labute approximate surface area is 129 Å². The van der Waals surface area contributed by atoms with Gasteiger partial charge >= 0.3 is 0 Å². The Morgan fingerprint density at radius 2 is 1.95 bits per heavy atom. The van der Waals surface area contributed by atoms with Crippen LogP contribution in [0.2, 0.25) is 0 Å². The van der Waals surface area contributed by atoms with E-state index >= 15 is 0 Å². The van der Waals surface area contributed by atoms with Gasteiger partial charge < -0.3 is 19.5 Å². The first-order chi connectivity index (χ1) is 10.2. The van der Waals surface area contributed by atoms with Gasteiger partial charge in [-0.1, -0.05) is 0 Å². The standard InChI is InChI=1S/C13H20FNO6S/c1-4-15(7-9(16)8-22(17,18)19)11-5-10(20-2)6-12(21-3)13(11)14/h5-6,9,16H,4,7-8H2,1-3H3,(H,17,18,19). The Hall–Kier alpha value is -1.58. The molecule has 0 aromatic heterocycles. The molecule has 0 heterocycles. The molecule has 1 atom stereocenters. The quantitative estimate of drug-likeness (QED) is 0.681. The zero-order chi connectivity index (χ0) is 16.9. The number of aliphatic hydroxyl groups is 1. The summed E-state index contributed by atoms with van der Waals surface area (Å²) in [6, 6.07) is 2.79. The van der Waals surface area contributed by atoms with E-state index in [-0.39, 0.29) is 18.0 Å². The fourth-order valence-electron chi connectivity index (χ4n) is 2.00. The minimum absolute atomic E-state index is 0.0305.